The number of carbonyl (C=O) groups is 1. The van der Waals surface area contributed by atoms with Gasteiger partial charge >= 0.3 is 0 Å². The van der Waals surface area contributed by atoms with E-state index in [1.807, 2.05) is 23.8 Å². The van der Waals surface area contributed by atoms with Gasteiger partial charge in [0.2, 0.25) is 10.0 Å². The highest BCUT2D eigenvalue weighted by Crippen LogP contribution is 2.25. The first kappa shape index (κ1) is 20.2. The molecule has 2 heterocycles. The minimum Gasteiger partial charge on any atom is -0.322 e. The fraction of sp³-hybridized carbons (Fsp3) is 0.263. The molecule has 0 saturated carbocycles. The maximum Gasteiger partial charge on any atom is 0.257 e. The fourth-order valence-electron chi connectivity index (χ4n) is 2.96. The van der Waals surface area contributed by atoms with Gasteiger partial charge in [0.1, 0.15) is 0 Å². The van der Waals surface area contributed by atoms with Crippen LogP contribution < -0.4 is 5.32 Å². The van der Waals surface area contributed by atoms with Gasteiger partial charge in [-0.2, -0.15) is 0 Å². The fourth-order valence-corrected chi connectivity index (χ4v) is 4.86. The van der Waals surface area contributed by atoms with Gasteiger partial charge in [-0.3, -0.25) is 9.36 Å². The summed E-state index contributed by atoms with van der Waals surface area (Å²) in [6.07, 6.45) is 1.72. The Bertz CT molecular complexity index is 1130. The largest absolute Gasteiger partial charge is 0.322 e. The van der Waals surface area contributed by atoms with Crippen molar-refractivity contribution in [2.24, 2.45) is 0 Å². The molecule has 0 unspecified atom stereocenters. The number of anilines is 1. The van der Waals surface area contributed by atoms with Crippen LogP contribution in [-0.2, 0) is 10.0 Å². The van der Waals surface area contributed by atoms with Crippen molar-refractivity contribution in [2.75, 3.05) is 19.4 Å². The molecular formula is C19H22N4O3S2. The van der Waals surface area contributed by atoms with E-state index in [4.69, 9.17) is 0 Å². The number of benzene rings is 1. The summed E-state index contributed by atoms with van der Waals surface area (Å²) in [4.78, 5) is 17.3. The van der Waals surface area contributed by atoms with Crippen LogP contribution in [0.4, 0.5) is 5.69 Å². The second-order valence-corrected chi connectivity index (χ2v) is 9.65. The summed E-state index contributed by atoms with van der Waals surface area (Å²) in [5, 5.41) is 5.49. The third-order valence-electron chi connectivity index (χ3n) is 4.49. The summed E-state index contributed by atoms with van der Waals surface area (Å²) in [7, 11) is -0.641. The number of aryl methyl sites for hydroxylation is 2. The van der Waals surface area contributed by atoms with Crippen molar-refractivity contribution in [1.82, 2.24) is 13.9 Å². The number of nitrogens with zero attached hydrogens (tertiary/aromatic N) is 3. The van der Waals surface area contributed by atoms with Crippen molar-refractivity contribution in [3.8, 4) is 5.13 Å². The lowest BCUT2D eigenvalue weighted by atomic mass is 10.2. The minimum absolute atomic E-state index is 0.170. The summed E-state index contributed by atoms with van der Waals surface area (Å²) in [6.45, 7) is 5.50. The minimum atomic E-state index is -3.60. The van der Waals surface area contributed by atoms with Gasteiger partial charge in [0.05, 0.1) is 10.5 Å². The number of carbonyl (C=O) groups excluding carboxylic acids is 1. The number of amides is 1. The molecule has 1 aromatic carbocycles. The molecule has 0 radical (unpaired) electrons. The Morgan fingerprint density at radius 3 is 2.50 bits per heavy atom. The molecule has 0 aliphatic rings. The van der Waals surface area contributed by atoms with Crippen LogP contribution in [-0.4, -0.2) is 42.3 Å². The quantitative estimate of drug-likeness (QED) is 0.689. The molecule has 3 rings (SSSR count). The Morgan fingerprint density at radius 2 is 1.89 bits per heavy atom. The molecule has 2 aromatic heterocycles. The van der Waals surface area contributed by atoms with Crippen molar-refractivity contribution in [3.63, 3.8) is 0 Å². The Labute approximate surface area is 168 Å². The summed E-state index contributed by atoms with van der Waals surface area (Å²) < 4.78 is 28.1. The van der Waals surface area contributed by atoms with Gasteiger partial charge in [-0.05, 0) is 44.5 Å². The van der Waals surface area contributed by atoms with E-state index in [2.05, 4.69) is 10.3 Å². The highest BCUT2D eigenvalue weighted by atomic mass is 32.2. The van der Waals surface area contributed by atoms with Crippen LogP contribution >= 0.6 is 11.3 Å². The molecular weight excluding hydrogens is 396 g/mol. The van der Waals surface area contributed by atoms with Crippen molar-refractivity contribution in [1.29, 1.82) is 0 Å². The van der Waals surface area contributed by atoms with Gasteiger partial charge < -0.3 is 5.32 Å². The van der Waals surface area contributed by atoms with Crippen molar-refractivity contribution < 1.29 is 13.2 Å². The molecule has 7 nitrogen and oxygen atoms in total. The monoisotopic (exact) mass is 418 g/mol. The molecule has 0 aliphatic heterocycles. The first-order chi connectivity index (χ1) is 13.1. The zero-order valence-electron chi connectivity index (χ0n) is 16.3. The average molecular weight is 419 g/mol. The van der Waals surface area contributed by atoms with E-state index in [-0.39, 0.29) is 10.8 Å². The molecule has 3 aromatic rings. The van der Waals surface area contributed by atoms with E-state index in [0.29, 0.717) is 16.8 Å². The second-order valence-electron chi connectivity index (χ2n) is 6.66. The van der Waals surface area contributed by atoms with Crippen LogP contribution in [0, 0.1) is 20.8 Å². The number of hydrogen-bond acceptors (Lipinski definition) is 5. The number of thiazole rings is 1. The lowest BCUT2D eigenvalue weighted by molar-refractivity contribution is 0.102. The van der Waals surface area contributed by atoms with E-state index in [0.717, 1.165) is 20.8 Å². The first-order valence-corrected chi connectivity index (χ1v) is 10.9. The van der Waals surface area contributed by atoms with E-state index in [1.165, 1.54) is 31.5 Å². The lowest BCUT2D eigenvalue weighted by Gasteiger charge is -2.15. The third kappa shape index (κ3) is 3.60. The standard InChI is InChI=1S/C19H22N4O3S2/c1-12-6-7-15(11-17(12)28(25,26)22(4)5)21-18(24)16-10-13(2)23(14(16)3)19-20-8-9-27-19/h6-11H,1-5H3,(H,21,24). The van der Waals surface area contributed by atoms with Crippen LogP contribution in [0.1, 0.15) is 27.3 Å². The number of aromatic nitrogens is 2. The molecule has 0 saturated heterocycles. The third-order valence-corrected chi connectivity index (χ3v) is 7.20. The SMILES string of the molecule is Cc1ccc(NC(=O)c2cc(C)n(-c3nccs3)c2C)cc1S(=O)(=O)N(C)C. The summed E-state index contributed by atoms with van der Waals surface area (Å²) in [5.41, 5.74) is 3.24. The van der Waals surface area contributed by atoms with Crippen molar-refractivity contribution in [2.45, 2.75) is 25.7 Å². The van der Waals surface area contributed by atoms with E-state index in [9.17, 15) is 13.2 Å². The van der Waals surface area contributed by atoms with Crippen LogP contribution in [0.5, 0.6) is 0 Å². The molecule has 1 N–H and O–H groups in total. The molecule has 0 bridgehead atoms. The molecule has 0 fully saturated rings. The van der Waals surface area contributed by atoms with Gasteiger partial charge in [-0.15, -0.1) is 11.3 Å². The second kappa shape index (κ2) is 7.50. The summed E-state index contributed by atoms with van der Waals surface area (Å²) in [5.74, 6) is -0.298. The maximum atomic E-state index is 12.8. The summed E-state index contributed by atoms with van der Waals surface area (Å²) >= 11 is 1.49. The topological polar surface area (TPSA) is 84.3 Å². The van der Waals surface area contributed by atoms with Gasteiger partial charge in [-0.25, -0.2) is 17.7 Å². The number of rotatable bonds is 5. The van der Waals surface area contributed by atoms with E-state index in [1.54, 1.807) is 31.3 Å². The van der Waals surface area contributed by atoms with Crippen molar-refractivity contribution >= 4 is 33.0 Å². The highest BCUT2D eigenvalue weighted by Gasteiger charge is 2.22. The van der Waals surface area contributed by atoms with E-state index >= 15 is 0 Å². The molecule has 0 atom stereocenters. The molecule has 148 valence electrons. The number of sulfonamides is 1. The zero-order valence-corrected chi connectivity index (χ0v) is 18.0. The predicted octanol–water partition coefficient (Wildman–Crippen LogP) is 3.36. The van der Waals surface area contributed by atoms with Crippen molar-refractivity contribution in [3.05, 3.63) is 58.4 Å². The van der Waals surface area contributed by atoms with Gasteiger partial charge in [0.25, 0.3) is 5.91 Å². The molecule has 1 amide bonds. The Hall–Kier alpha value is -2.49. The van der Waals surface area contributed by atoms with Crippen LogP contribution in [0.2, 0.25) is 0 Å². The van der Waals surface area contributed by atoms with Crippen LogP contribution in [0.3, 0.4) is 0 Å². The average Bonchev–Trinajstić information content (AvgIpc) is 3.24. The molecule has 28 heavy (non-hydrogen) atoms. The van der Waals surface area contributed by atoms with Gasteiger partial charge in [0, 0.05) is 42.7 Å². The smallest absolute Gasteiger partial charge is 0.257 e. The Morgan fingerprint density at radius 1 is 1.18 bits per heavy atom. The Balaban J connectivity index is 1.94. The van der Waals surface area contributed by atoms with E-state index < -0.39 is 10.0 Å². The summed E-state index contributed by atoms with van der Waals surface area (Å²) in [6, 6.07) is 6.67. The van der Waals surface area contributed by atoms with Crippen LogP contribution in [0.15, 0.2) is 40.7 Å². The predicted molar refractivity (Wildman–Crippen MR) is 111 cm³/mol. The maximum absolute atomic E-state index is 12.8. The molecule has 0 spiro atoms. The van der Waals surface area contributed by atoms with Gasteiger partial charge in [0.15, 0.2) is 5.13 Å². The van der Waals surface area contributed by atoms with Gasteiger partial charge in [-0.1, -0.05) is 6.07 Å². The first-order valence-electron chi connectivity index (χ1n) is 8.56. The molecule has 9 heteroatoms. The number of hydrogen-bond donors (Lipinski definition) is 1. The van der Waals surface area contributed by atoms with Crippen LogP contribution in [0.25, 0.3) is 5.13 Å². The Kier molecular flexibility index (Phi) is 5.42. The molecule has 0 aliphatic carbocycles. The normalized spacial score (nSPS) is 11.8. The highest BCUT2D eigenvalue weighted by molar-refractivity contribution is 7.89. The zero-order chi connectivity index (χ0) is 20.6. The number of nitrogens with one attached hydrogen (secondary N) is 1. The lowest BCUT2D eigenvalue weighted by Crippen LogP contribution is -2.23.